The predicted molar refractivity (Wildman–Crippen MR) is 33.2 cm³/mol. The van der Waals surface area contributed by atoms with E-state index >= 15 is 0 Å². The van der Waals surface area contributed by atoms with Gasteiger partial charge in [0.15, 0.2) is 0 Å². The molecule has 0 aliphatic rings. The van der Waals surface area contributed by atoms with Crippen molar-refractivity contribution in [2.24, 2.45) is 0 Å². The number of esters is 1. The summed E-state index contributed by atoms with van der Waals surface area (Å²) in [5.41, 5.74) is 1.25. The number of ether oxygens (including phenoxy) is 1. The van der Waals surface area contributed by atoms with E-state index in [0.717, 1.165) is 6.08 Å². The Labute approximate surface area is 58.2 Å². The summed E-state index contributed by atoms with van der Waals surface area (Å²) < 4.78 is 4.14. The molecule has 1 amide bonds. The standard InChI is InChI=1S/C4H6O2.CH3NO2/c1-3-4(5)6-2;3-1-2-4/h3H,1H2,2H3;1,4H,(H,2,3). The third-order valence-corrected chi connectivity index (χ3v) is 0.421. The van der Waals surface area contributed by atoms with Crippen molar-refractivity contribution in [3.8, 4) is 0 Å². The summed E-state index contributed by atoms with van der Waals surface area (Å²) in [6.07, 6.45) is 1.29. The summed E-state index contributed by atoms with van der Waals surface area (Å²) in [5.74, 6) is -0.394. The third-order valence-electron chi connectivity index (χ3n) is 0.421. The van der Waals surface area contributed by atoms with Crippen LogP contribution in [0.25, 0.3) is 0 Å². The highest BCUT2D eigenvalue weighted by Crippen LogP contribution is 1.67. The topological polar surface area (TPSA) is 75.6 Å². The van der Waals surface area contributed by atoms with Crippen LogP contribution in [0.5, 0.6) is 0 Å². The van der Waals surface area contributed by atoms with Crippen LogP contribution in [0.2, 0.25) is 0 Å². The lowest BCUT2D eigenvalue weighted by atomic mass is 10.7. The highest BCUT2D eigenvalue weighted by molar-refractivity contribution is 5.80. The molecule has 5 heteroatoms. The molecule has 2 N–H and O–H groups in total. The number of amides is 1. The Kier molecular flexibility index (Phi) is 12.1. The Balaban J connectivity index is 0. The molecule has 5 nitrogen and oxygen atoms in total. The molecule has 0 aliphatic carbocycles. The molecule has 0 heterocycles. The molecule has 0 radical (unpaired) electrons. The lowest BCUT2D eigenvalue weighted by molar-refractivity contribution is -0.134. The zero-order valence-corrected chi connectivity index (χ0v) is 5.53. The summed E-state index contributed by atoms with van der Waals surface area (Å²) in [7, 11) is 1.31. The molecule has 0 saturated heterocycles. The van der Waals surface area contributed by atoms with Crippen molar-refractivity contribution in [3.63, 3.8) is 0 Å². The fraction of sp³-hybridized carbons (Fsp3) is 0.200. The second-order valence-electron chi connectivity index (χ2n) is 0.974. The van der Waals surface area contributed by atoms with E-state index in [4.69, 9.17) is 10.0 Å². The van der Waals surface area contributed by atoms with Crippen molar-refractivity contribution in [2.75, 3.05) is 7.11 Å². The molecule has 0 aromatic carbocycles. The summed E-state index contributed by atoms with van der Waals surface area (Å²) in [6, 6.07) is 0. The minimum Gasteiger partial charge on any atom is -0.466 e. The van der Waals surface area contributed by atoms with Crippen LogP contribution in [0.15, 0.2) is 12.7 Å². The molecule has 10 heavy (non-hydrogen) atoms. The van der Waals surface area contributed by atoms with Gasteiger partial charge in [0.05, 0.1) is 7.11 Å². The number of hydrogen-bond acceptors (Lipinski definition) is 4. The van der Waals surface area contributed by atoms with Crippen LogP contribution < -0.4 is 5.48 Å². The maximum Gasteiger partial charge on any atom is 0.329 e. The van der Waals surface area contributed by atoms with Crippen LogP contribution in [0.1, 0.15) is 0 Å². The maximum absolute atomic E-state index is 9.84. The number of carbonyl (C=O) groups excluding carboxylic acids is 2. The lowest BCUT2D eigenvalue weighted by Crippen LogP contribution is -1.99. The molecule has 0 atom stereocenters. The first-order chi connectivity index (χ1) is 4.72. The zero-order chi connectivity index (χ0) is 8.41. The molecule has 0 aromatic heterocycles. The van der Waals surface area contributed by atoms with E-state index in [0.29, 0.717) is 0 Å². The van der Waals surface area contributed by atoms with Gasteiger partial charge in [-0.3, -0.25) is 10.0 Å². The first-order valence-corrected chi connectivity index (χ1v) is 2.26. The Morgan fingerprint density at radius 3 is 2.20 bits per heavy atom. The predicted octanol–water partition coefficient (Wildman–Crippen LogP) is -0.533. The van der Waals surface area contributed by atoms with Gasteiger partial charge in [-0.25, -0.2) is 10.3 Å². The van der Waals surface area contributed by atoms with Crippen molar-refractivity contribution in [3.05, 3.63) is 12.7 Å². The zero-order valence-electron chi connectivity index (χ0n) is 5.53. The fourth-order valence-corrected chi connectivity index (χ4v) is 0.0833. The molecule has 0 rings (SSSR count). The molecular formula is C5H9NO4. The van der Waals surface area contributed by atoms with E-state index in [9.17, 15) is 4.79 Å². The largest absolute Gasteiger partial charge is 0.466 e. The van der Waals surface area contributed by atoms with Crippen LogP contribution in [0.4, 0.5) is 0 Å². The molecule has 0 aliphatic heterocycles. The summed E-state index contributed by atoms with van der Waals surface area (Å²) in [4.78, 5) is 18.7. The van der Waals surface area contributed by atoms with E-state index in [-0.39, 0.29) is 6.41 Å². The quantitative estimate of drug-likeness (QED) is 0.181. The van der Waals surface area contributed by atoms with E-state index in [1.807, 2.05) is 0 Å². The smallest absolute Gasteiger partial charge is 0.329 e. The maximum atomic E-state index is 9.84. The molecule has 0 bridgehead atoms. The van der Waals surface area contributed by atoms with Gasteiger partial charge in [-0.2, -0.15) is 0 Å². The summed E-state index contributed by atoms with van der Waals surface area (Å²) in [5, 5.41) is 7.26. The van der Waals surface area contributed by atoms with E-state index in [1.165, 1.54) is 12.6 Å². The number of methoxy groups -OCH3 is 1. The Bertz CT molecular complexity index is 112. The molecule has 0 aromatic rings. The van der Waals surface area contributed by atoms with Gasteiger partial charge in [-0.05, 0) is 0 Å². The Morgan fingerprint density at radius 1 is 1.80 bits per heavy atom. The van der Waals surface area contributed by atoms with Gasteiger partial charge in [0, 0.05) is 6.08 Å². The minimum atomic E-state index is -0.394. The van der Waals surface area contributed by atoms with Gasteiger partial charge in [0.25, 0.3) is 0 Å². The molecule has 0 fully saturated rings. The lowest BCUT2D eigenvalue weighted by Gasteiger charge is -1.83. The Hall–Kier alpha value is -1.36. The number of nitrogens with one attached hydrogen (secondary N) is 1. The van der Waals surface area contributed by atoms with Crippen LogP contribution >= 0.6 is 0 Å². The van der Waals surface area contributed by atoms with Crippen LogP contribution in [0, 0.1) is 0 Å². The van der Waals surface area contributed by atoms with Crippen LogP contribution in [0.3, 0.4) is 0 Å². The molecular weight excluding hydrogens is 138 g/mol. The van der Waals surface area contributed by atoms with Crippen molar-refractivity contribution in [2.45, 2.75) is 0 Å². The fourth-order valence-electron chi connectivity index (χ4n) is 0.0833. The van der Waals surface area contributed by atoms with Crippen molar-refractivity contribution < 1.29 is 19.5 Å². The number of rotatable bonds is 2. The van der Waals surface area contributed by atoms with Crippen molar-refractivity contribution in [1.82, 2.24) is 5.48 Å². The highest BCUT2D eigenvalue weighted by atomic mass is 16.5. The second kappa shape index (κ2) is 10.6. The van der Waals surface area contributed by atoms with E-state index in [1.54, 1.807) is 0 Å². The minimum absolute atomic E-state index is 0.181. The number of hydroxylamine groups is 1. The van der Waals surface area contributed by atoms with Gasteiger partial charge < -0.3 is 4.74 Å². The second-order valence-corrected chi connectivity index (χ2v) is 0.974. The van der Waals surface area contributed by atoms with Crippen molar-refractivity contribution >= 4 is 12.4 Å². The van der Waals surface area contributed by atoms with Crippen LogP contribution in [-0.2, 0) is 14.3 Å². The van der Waals surface area contributed by atoms with E-state index < -0.39 is 5.97 Å². The molecule has 58 valence electrons. The SMILES string of the molecule is C=CC(=O)OC.O=CNO. The molecule has 0 saturated carbocycles. The van der Waals surface area contributed by atoms with Gasteiger partial charge in [-0.1, -0.05) is 6.58 Å². The highest BCUT2D eigenvalue weighted by Gasteiger charge is 1.81. The van der Waals surface area contributed by atoms with Gasteiger partial charge in [0.1, 0.15) is 0 Å². The average Bonchev–Trinajstić information content (AvgIpc) is 2.03. The number of carbonyl (C=O) groups is 2. The average molecular weight is 147 g/mol. The Morgan fingerprint density at radius 2 is 2.20 bits per heavy atom. The van der Waals surface area contributed by atoms with Crippen LogP contribution in [-0.4, -0.2) is 24.7 Å². The van der Waals surface area contributed by atoms with Gasteiger partial charge >= 0.3 is 5.97 Å². The third kappa shape index (κ3) is 15.9. The first-order valence-electron chi connectivity index (χ1n) is 2.26. The van der Waals surface area contributed by atoms with E-state index in [2.05, 4.69) is 11.3 Å². The molecule has 0 unspecified atom stereocenters. The van der Waals surface area contributed by atoms with Gasteiger partial charge in [0.2, 0.25) is 6.41 Å². The first kappa shape index (κ1) is 11.4. The summed E-state index contributed by atoms with van der Waals surface area (Å²) in [6.45, 7) is 3.16. The summed E-state index contributed by atoms with van der Waals surface area (Å²) >= 11 is 0. The molecule has 0 spiro atoms. The number of hydrogen-bond donors (Lipinski definition) is 2. The van der Waals surface area contributed by atoms with Gasteiger partial charge in [-0.15, -0.1) is 0 Å². The van der Waals surface area contributed by atoms with Crippen molar-refractivity contribution in [1.29, 1.82) is 0 Å². The monoisotopic (exact) mass is 147 g/mol. The normalized spacial score (nSPS) is 6.20.